The number of amides is 1. The van der Waals surface area contributed by atoms with Crippen molar-refractivity contribution in [3.63, 3.8) is 0 Å². The first-order valence-corrected chi connectivity index (χ1v) is 10.2. The molecule has 27 heavy (non-hydrogen) atoms. The number of nitrogens with zero attached hydrogens (tertiary/aromatic N) is 3. The first-order valence-electron chi connectivity index (χ1n) is 10.2. The SMILES string of the molecule is C[C@@H]1CCCC[C@H]1OCCNC(=O)C1CCN(c2ccc(C#N)cn2)CC1. The molecule has 0 radical (unpaired) electrons. The molecule has 1 saturated heterocycles. The van der Waals surface area contributed by atoms with Gasteiger partial charge < -0.3 is 15.0 Å². The minimum Gasteiger partial charge on any atom is -0.376 e. The van der Waals surface area contributed by atoms with E-state index in [9.17, 15) is 4.79 Å². The summed E-state index contributed by atoms with van der Waals surface area (Å²) in [5, 5.41) is 11.9. The molecule has 1 N–H and O–H groups in total. The molecule has 1 aromatic heterocycles. The Balaban J connectivity index is 1.35. The number of ether oxygens (including phenoxy) is 1. The van der Waals surface area contributed by atoms with Crippen LogP contribution in [0.3, 0.4) is 0 Å². The third-order valence-electron chi connectivity index (χ3n) is 5.83. The molecule has 0 unspecified atom stereocenters. The van der Waals surface area contributed by atoms with E-state index in [0.29, 0.717) is 30.7 Å². The van der Waals surface area contributed by atoms with Gasteiger partial charge in [0.15, 0.2) is 0 Å². The van der Waals surface area contributed by atoms with Gasteiger partial charge in [-0.3, -0.25) is 4.79 Å². The molecule has 0 aromatic carbocycles. The van der Waals surface area contributed by atoms with Gasteiger partial charge in [0.1, 0.15) is 11.9 Å². The second-order valence-electron chi connectivity index (χ2n) is 7.74. The topological polar surface area (TPSA) is 78.2 Å². The third kappa shape index (κ3) is 5.43. The van der Waals surface area contributed by atoms with Crippen molar-refractivity contribution in [2.24, 2.45) is 11.8 Å². The number of hydrogen-bond donors (Lipinski definition) is 1. The van der Waals surface area contributed by atoms with E-state index in [1.807, 2.05) is 6.07 Å². The average molecular weight is 370 g/mol. The minimum absolute atomic E-state index is 0.0632. The zero-order valence-electron chi connectivity index (χ0n) is 16.2. The Bertz CT molecular complexity index is 647. The molecule has 2 aliphatic rings. The number of nitrogens with one attached hydrogen (secondary N) is 1. The number of carbonyl (C=O) groups is 1. The number of piperidine rings is 1. The van der Waals surface area contributed by atoms with Crippen LogP contribution in [0.5, 0.6) is 0 Å². The Morgan fingerprint density at radius 3 is 2.74 bits per heavy atom. The lowest BCUT2D eigenvalue weighted by Crippen LogP contribution is -2.42. The highest BCUT2D eigenvalue weighted by Gasteiger charge is 2.26. The van der Waals surface area contributed by atoms with Crippen LogP contribution in [0.4, 0.5) is 5.82 Å². The quantitative estimate of drug-likeness (QED) is 0.779. The summed E-state index contributed by atoms with van der Waals surface area (Å²) in [7, 11) is 0. The summed E-state index contributed by atoms with van der Waals surface area (Å²) in [6.45, 7) is 5.09. The summed E-state index contributed by atoms with van der Waals surface area (Å²) in [6.07, 6.45) is 8.59. The van der Waals surface area contributed by atoms with Crippen molar-refractivity contribution in [3.8, 4) is 6.07 Å². The lowest BCUT2D eigenvalue weighted by atomic mass is 9.88. The largest absolute Gasteiger partial charge is 0.376 e. The molecule has 1 saturated carbocycles. The molecule has 3 rings (SSSR count). The Morgan fingerprint density at radius 1 is 1.30 bits per heavy atom. The van der Waals surface area contributed by atoms with Gasteiger partial charge >= 0.3 is 0 Å². The maximum atomic E-state index is 12.4. The van der Waals surface area contributed by atoms with Crippen molar-refractivity contribution in [1.29, 1.82) is 5.26 Å². The van der Waals surface area contributed by atoms with Crippen molar-refractivity contribution in [1.82, 2.24) is 10.3 Å². The van der Waals surface area contributed by atoms with Crippen molar-refractivity contribution < 1.29 is 9.53 Å². The van der Waals surface area contributed by atoms with Crippen LogP contribution in [0.15, 0.2) is 18.3 Å². The molecule has 0 spiro atoms. The van der Waals surface area contributed by atoms with Crippen molar-refractivity contribution in [2.45, 2.75) is 51.6 Å². The van der Waals surface area contributed by atoms with E-state index in [1.54, 1.807) is 12.3 Å². The van der Waals surface area contributed by atoms with Gasteiger partial charge in [0.25, 0.3) is 0 Å². The average Bonchev–Trinajstić information content (AvgIpc) is 2.72. The van der Waals surface area contributed by atoms with Crippen LogP contribution in [0.2, 0.25) is 0 Å². The number of aromatic nitrogens is 1. The standard InChI is InChI=1S/C21H30N4O2/c1-16-4-2-3-5-19(16)27-13-10-23-21(26)18-8-11-25(12-9-18)20-7-6-17(14-22)15-24-20/h6-7,15-16,18-19H,2-5,8-13H2,1H3,(H,23,26)/t16-,19-/m1/s1. The third-order valence-corrected chi connectivity index (χ3v) is 5.83. The van der Waals surface area contributed by atoms with Gasteiger partial charge in [-0.1, -0.05) is 19.8 Å². The fourth-order valence-electron chi connectivity index (χ4n) is 4.07. The van der Waals surface area contributed by atoms with Crippen LogP contribution in [0, 0.1) is 23.2 Å². The van der Waals surface area contributed by atoms with E-state index in [-0.39, 0.29) is 11.8 Å². The summed E-state index contributed by atoms with van der Waals surface area (Å²) < 4.78 is 5.97. The molecule has 1 aliphatic heterocycles. The molecular formula is C21H30N4O2. The van der Waals surface area contributed by atoms with Crippen LogP contribution in [-0.2, 0) is 9.53 Å². The van der Waals surface area contributed by atoms with E-state index < -0.39 is 0 Å². The van der Waals surface area contributed by atoms with E-state index in [4.69, 9.17) is 10.00 Å². The monoisotopic (exact) mass is 370 g/mol. The van der Waals surface area contributed by atoms with Gasteiger partial charge in [-0.25, -0.2) is 4.98 Å². The number of pyridine rings is 1. The maximum Gasteiger partial charge on any atom is 0.223 e. The fourth-order valence-corrected chi connectivity index (χ4v) is 4.07. The zero-order valence-corrected chi connectivity index (χ0v) is 16.2. The van der Waals surface area contributed by atoms with Crippen LogP contribution < -0.4 is 10.2 Å². The first kappa shape index (κ1) is 19.6. The molecule has 2 fully saturated rings. The van der Waals surface area contributed by atoms with Crippen LogP contribution >= 0.6 is 0 Å². The van der Waals surface area contributed by atoms with Crippen LogP contribution in [-0.4, -0.2) is 43.2 Å². The van der Waals surface area contributed by atoms with E-state index in [0.717, 1.165) is 38.2 Å². The van der Waals surface area contributed by atoms with E-state index in [1.165, 1.54) is 19.3 Å². The minimum atomic E-state index is 0.0632. The number of carbonyl (C=O) groups excluding carboxylic acids is 1. The van der Waals surface area contributed by atoms with E-state index in [2.05, 4.69) is 28.2 Å². The lowest BCUT2D eigenvalue weighted by Gasteiger charge is -2.32. The van der Waals surface area contributed by atoms with Gasteiger partial charge in [0.2, 0.25) is 5.91 Å². The molecule has 0 bridgehead atoms. The Morgan fingerprint density at radius 2 is 2.07 bits per heavy atom. The Kier molecular flexibility index (Phi) is 7.05. The van der Waals surface area contributed by atoms with Crippen molar-refractivity contribution in [3.05, 3.63) is 23.9 Å². The Labute approximate surface area is 161 Å². The molecular weight excluding hydrogens is 340 g/mol. The summed E-state index contributed by atoms with van der Waals surface area (Å²) in [5.74, 6) is 1.72. The van der Waals surface area contributed by atoms with Gasteiger partial charge in [-0.05, 0) is 43.7 Å². The summed E-state index contributed by atoms with van der Waals surface area (Å²) in [6, 6.07) is 5.75. The van der Waals surface area contributed by atoms with Gasteiger partial charge in [0.05, 0.1) is 18.3 Å². The molecule has 146 valence electrons. The highest BCUT2D eigenvalue weighted by atomic mass is 16.5. The molecule has 6 nitrogen and oxygen atoms in total. The van der Waals surface area contributed by atoms with E-state index >= 15 is 0 Å². The van der Waals surface area contributed by atoms with Gasteiger partial charge in [-0.2, -0.15) is 5.26 Å². The molecule has 6 heteroatoms. The highest BCUT2D eigenvalue weighted by molar-refractivity contribution is 5.78. The Hall–Kier alpha value is -2.13. The molecule has 1 aliphatic carbocycles. The zero-order chi connectivity index (χ0) is 19.1. The first-order chi connectivity index (χ1) is 13.2. The second kappa shape index (κ2) is 9.70. The maximum absolute atomic E-state index is 12.4. The number of rotatable bonds is 6. The van der Waals surface area contributed by atoms with Crippen molar-refractivity contribution in [2.75, 3.05) is 31.1 Å². The van der Waals surface area contributed by atoms with Crippen molar-refractivity contribution >= 4 is 11.7 Å². The predicted molar refractivity (Wildman–Crippen MR) is 104 cm³/mol. The molecule has 2 atom stereocenters. The molecule has 1 amide bonds. The summed E-state index contributed by atoms with van der Waals surface area (Å²) >= 11 is 0. The highest BCUT2D eigenvalue weighted by Crippen LogP contribution is 2.26. The normalized spacial score (nSPS) is 23.6. The summed E-state index contributed by atoms with van der Waals surface area (Å²) in [5.41, 5.74) is 0.567. The van der Waals surface area contributed by atoms with Crippen LogP contribution in [0.1, 0.15) is 51.0 Å². The molecule has 2 heterocycles. The lowest BCUT2D eigenvalue weighted by molar-refractivity contribution is -0.126. The second-order valence-corrected chi connectivity index (χ2v) is 7.74. The number of nitriles is 1. The van der Waals surface area contributed by atoms with Gasteiger partial charge in [-0.15, -0.1) is 0 Å². The summed E-state index contributed by atoms with van der Waals surface area (Å²) in [4.78, 5) is 18.9. The van der Waals surface area contributed by atoms with Gasteiger partial charge in [0, 0.05) is 31.7 Å². The van der Waals surface area contributed by atoms with Crippen LogP contribution in [0.25, 0.3) is 0 Å². The number of anilines is 1. The number of hydrogen-bond acceptors (Lipinski definition) is 5. The smallest absolute Gasteiger partial charge is 0.223 e. The predicted octanol–water partition coefficient (Wildman–Crippen LogP) is 2.88. The fraction of sp³-hybridized carbons (Fsp3) is 0.667. The molecule has 1 aromatic rings.